The van der Waals surface area contributed by atoms with Gasteiger partial charge in [-0.1, -0.05) is 41.5 Å². The van der Waals surface area contributed by atoms with Gasteiger partial charge in [-0.15, -0.1) is 0 Å². The average Bonchev–Trinajstić information content (AvgIpc) is 2.55. The number of carbonyl (C=O) groups is 1. The minimum Gasteiger partial charge on any atom is -0.379 e. The number of anilines is 2. The maximum Gasteiger partial charge on any atom is 0.294 e. The third kappa shape index (κ3) is 8.01. The van der Waals surface area contributed by atoms with E-state index in [-0.39, 0.29) is 17.5 Å². The summed E-state index contributed by atoms with van der Waals surface area (Å²) in [5.74, 6) is 0.729. The molecule has 25 heavy (non-hydrogen) atoms. The number of nitrogens with one attached hydrogen (secondary N) is 1. The van der Waals surface area contributed by atoms with E-state index < -0.39 is 4.92 Å². The van der Waals surface area contributed by atoms with E-state index in [1.807, 2.05) is 27.7 Å². The van der Waals surface area contributed by atoms with Gasteiger partial charge in [0.25, 0.3) is 5.69 Å². The SMILES string of the molecule is CC.CC(C)CCNc1ccc(N(C)C(=O)CC(C)C)cc1[N+](=O)[O-]. The second kappa shape index (κ2) is 11.4. The van der Waals surface area contributed by atoms with Crippen LogP contribution < -0.4 is 10.2 Å². The van der Waals surface area contributed by atoms with E-state index >= 15 is 0 Å². The van der Waals surface area contributed by atoms with E-state index in [1.165, 1.54) is 11.0 Å². The first-order chi connectivity index (χ1) is 11.7. The smallest absolute Gasteiger partial charge is 0.294 e. The Morgan fingerprint density at radius 3 is 2.28 bits per heavy atom. The predicted octanol–water partition coefficient (Wildman–Crippen LogP) is 5.09. The molecular weight excluding hydrogens is 318 g/mol. The summed E-state index contributed by atoms with van der Waals surface area (Å²) in [5.41, 5.74) is 1.02. The molecule has 0 spiro atoms. The number of nitro groups is 1. The highest BCUT2D eigenvalue weighted by atomic mass is 16.6. The number of carbonyl (C=O) groups excluding carboxylic acids is 1. The summed E-state index contributed by atoms with van der Waals surface area (Å²) in [5, 5.41) is 14.4. The second-order valence-corrected chi connectivity index (χ2v) is 6.62. The van der Waals surface area contributed by atoms with Gasteiger partial charge in [-0.05, 0) is 30.4 Å². The topological polar surface area (TPSA) is 75.5 Å². The second-order valence-electron chi connectivity index (χ2n) is 6.62. The Labute approximate surface area is 151 Å². The molecule has 0 saturated carbocycles. The van der Waals surface area contributed by atoms with Gasteiger partial charge in [0.15, 0.2) is 0 Å². The third-order valence-electron chi connectivity index (χ3n) is 3.56. The quantitative estimate of drug-likeness (QED) is 0.523. The van der Waals surface area contributed by atoms with Crippen LogP contribution >= 0.6 is 0 Å². The molecule has 0 aliphatic rings. The van der Waals surface area contributed by atoms with Crippen LogP contribution in [0.5, 0.6) is 0 Å². The van der Waals surface area contributed by atoms with Crippen molar-refractivity contribution in [3.8, 4) is 0 Å². The Morgan fingerprint density at radius 1 is 1.20 bits per heavy atom. The lowest BCUT2D eigenvalue weighted by atomic mass is 10.1. The van der Waals surface area contributed by atoms with Crippen LogP contribution in [0.2, 0.25) is 0 Å². The van der Waals surface area contributed by atoms with Gasteiger partial charge in [0.1, 0.15) is 5.69 Å². The van der Waals surface area contributed by atoms with Gasteiger partial charge in [-0.2, -0.15) is 0 Å². The van der Waals surface area contributed by atoms with E-state index in [0.717, 1.165) is 6.42 Å². The summed E-state index contributed by atoms with van der Waals surface area (Å²) in [7, 11) is 1.65. The van der Waals surface area contributed by atoms with Gasteiger partial charge < -0.3 is 10.2 Å². The molecule has 0 heterocycles. The summed E-state index contributed by atoms with van der Waals surface area (Å²) in [6.45, 7) is 12.8. The summed E-state index contributed by atoms with van der Waals surface area (Å²) in [6, 6.07) is 4.87. The van der Waals surface area contributed by atoms with Crippen molar-refractivity contribution in [2.24, 2.45) is 11.8 Å². The summed E-state index contributed by atoms with van der Waals surface area (Å²) in [6.07, 6.45) is 1.35. The summed E-state index contributed by atoms with van der Waals surface area (Å²) >= 11 is 0. The van der Waals surface area contributed by atoms with E-state index in [4.69, 9.17) is 0 Å². The fraction of sp³-hybridized carbons (Fsp3) is 0.632. The monoisotopic (exact) mass is 351 g/mol. The van der Waals surface area contributed by atoms with E-state index in [0.29, 0.717) is 30.3 Å². The van der Waals surface area contributed by atoms with Crippen LogP contribution in [0.1, 0.15) is 54.4 Å². The van der Waals surface area contributed by atoms with Crippen LogP contribution in [0.3, 0.4) is 0 Å². The summed E-state index contributed by atoms with van der Waals surface area (Å²) in [4.78, 5) is 24.5. The Kier molecular flexibility index (Phi) is 10.5. The van der Waals surface area contributed by atoms with Crippen molar-refractivity contribution in [1.82, 2.24) is 0 Å². The van der Waals surface area contributed by atoms with E-state index in [1.54, 1.807) is 19.2 Å². The molecule has 0 aliphatic carbocycles. The lowest BCUT2D eigenvalue weighted by molar-refractivity contribution is -0.383. The van der Waals surface area contributed by atoms with Crippen molar-refractivity contribution < 1.29 is 9.72 Å². The molecule has 142 valence electrons. The average molecular weight is 351 g/mol. The van der Waals surface area contributed by atoms with Crippen molar-refractivity contribution in [2.45, 2.75) is 54.4 Å². The van der Waals surface area contributed by atoms with E-state index in [2.05, 4.69) is 19.2 Å². The zero-order valence-corrected chi connectivity index (χ0v) is 16.6. The predicted molar refractivity (Wildman–Crippen MR) is 105 cm³/mol. The number of hydrogen-bond acceptors (Lipinski definition) is 4. The molecule has 1 aromatic rings. The standard InChI is InChI=1S/C17H27N3O3.C2H6/c1-12(2)8-9-18-15-7-6-14(11-16(15)20(22)23)19(5)17(21)10-13(3)4;1-2/h6-7,11-13,18H,8-10H2,1-5H3;1-2H3. The zero-order valence-electron chi connectivity index (χ0n) is 16.6. The molecule has 6 heteroatoms. The van der Waals surface area contributed by atoms with Gasteiger partial charge in [0.2, 0.25) is 5.91 Å². The highest BCUT2D eigenvalue weighted by molar-refractivity contribution is 5.93. The van der Waals surface area contributed by atoms with Gasteiger partial charge in [0.05, 0.1) is 10.6 Å². The first kappa shape index (κ1) is 22.9. The molecule has 0 unspecified atom stereocenters. The van der Waals surface area contributed by atoms with Crippen molar-refractivity contribution in [3.63, 3.8) is 0 Å². The third-order valence-corrected chi connectivity index (χ3v) is 3.56. The van der Waals surface area contributed by atoms with Crippen LogP contribution in [-0.4, -0.2) is 24.4 Å². The van der Waals surface area contributed by atoms with Crippen molar-refractivity contribution in [2.75, 3.05) is 23.8 Å². The Bertz CT molecular complexity index is 557. The van der Waals surface area contributed by atoms with Gasteiger partial charge in [-0.25, -0.2) is 0 Å². The summed E-state index contributed by atoms with van der Waals surface area (Å²) < 4.78 is 0. The normalized spacial score (nSPS) is 10.3. The molecule has 0 fully saturated rings. The number of nitrogens with zero attached hydrogens (tertiary/aromatic N) is 2. The van der Waals surface area contributed by atoms with Crippen molar-refractivity contribution in [3.05, 3.63) is 28.3 Å². The number of rotatable bonds is 8. The largest absolute Gasteiger partial charge is 0.379 e. The van der Waals surface area contributed by atoms with Gasteiger partial charge in [-0.3, -0.25) is 14.9 Å². The number of nitro benzene ring substituents is 1. The Morgan fingerprint density at radius 2 is 1.80 bits per heavy atom. The molecule has 1 rings (SSSR count). The number of benzene rings is 1. The van der Waals surface area contributed by atoms with E-state index in [9.17, 15) is 14.9 Å². The first-order valence-corrected chi connectivity index (χ1v) is 9.01. The van der Waals surface area contributed by atoms with Crippen LogP contribution in [0.25, 0.3) is 0 Å². The minimum absolute atomic E-state index is 0.00421. The highest BCUT2D eigenvalue weighted by Crippen LogP contribution is 2.30. The molecule has 0 aromatic heterocycles. The lowest BCUT2D eigenvalue weighted by Crippen LogP contribution is -2.27. The molecule has 0 saturated heterocycles. The molecule has 1 N–H and O–H groups in total. The first-order valence-electron chi connectivity index (χ1n) is 9.01. The maximum absolute atomic E-state index is 12.1. The number of hydrogen-bond donors (Lipinski definition) is 1. The van der Waals surface area contributed by atoms with Gasteiger partial charge in [0, 0.05) is 26.1 Å². The lowest BCUT2D eigenvalue weighted by Gasteiger charge is -2.19. The molecule has 1 amide bonds. The van der Waals surface area contributed by atoms with Crippen LogP contribution in [0.4, 0.5) is 17.1 Å². The molecule has 1 aromatic carbocycles. The molecular formula is C19H33N3O3. The highest BCUT2D eigenvalue weighted by Gasteiger charge is 2.19. The molecule has 0 atom stereocenters. The molecule has 6 nitrogen and oxygen atoms in total. The molecule has 0 radical (unpaired) electrons. The van der Waals surface area contributed by atoms with Crippen molar-refractivity contribution in [1.29, 1.82) is 0 Å². The number of amides is 1. The van der Waals surface area contributed by atoms with Crippen LogP contribution in [-0.2, 0) is 4.79 Å². The molecule has 0 bridgehead atoms. The minimum atomic E-state index is -0.415. The van der Waals surface area contributed by atoms with Crippen molar-refractivity contribution >= 4 is 23.0 Å². The maximum atomic E-state index is 12.1. The fourth-order valence-electron chi connectivity index (χ4n) is 2.15. The Balaban J connectivity index is 0.00000277. The van der Waals surface area contributed by atoms with Gasteiger partial charge >= 0.3 is 0 Å². The Hall–Kier alpha value is -2.11. The van der Waals surface area contributed by atoms with Crippen LogP contribution in [0, 0.1) is 22.0 Å². The molecule has 0 aliphatic heterocycles. The van der Waals surface area contributed by atoms with Crippen LogP contribution in [0.15, 0.2) is 18.2 Å². The fourth-order valence-corrected chi connectivity index (χ4v) is 2.15. The zero-order chi connectivity index (χ0) is 19.6.